The molecule has 0 unspecified atom stereocenters. The van der Waals surface area contributed by atoms with Gasteiger partial charge in [-0.25, -0.2) is 0 Å². The molecule has 0 radical (unpaired) electrons. The average molecular weight is 268 g/mol. The third kappa shape index (κ3) is 3.29. The molecular weight excluding hydrogens is 256 g/mol. The number of rotatable bonds is 4. The highest BCUT2D eigenvalue weighted by molar-refractivity contribution is 6.10. The van der Waals surface area contributed by atoms with Crippen molar-refractivity contribution in [2.24, 2.45) is 5.16 Å². The van der Waals surface area contributed by atoms with Crippen molar-refractivity contribution in [3.8, 4) is 0 Å². The highest BCUT2D eigenvalue weighted by Crippen LogP contribution is 2.13. The van der Waals surface area contributed by atoms with Crippen molar-refractivity contribution in [1.29, 1.82) is 0 Å². The summed E-state index contributed by atoms with van der Waals surface area (Å²) in [5.74, 6) is 0. The van der Waals surface area contributed by atoms with Gasteiger partial charge in [-0.1, -0.05) is 41.6 Å². The minimum atomic E-state index is -0.473. The maximum Gasteiger partial charge on any atom is 0.269 e. The molecule has 0 heterocycles. The number of benzene rings is 2. The predicted molar refractivity (Wildman–Crippen MR) is 76.9 cm³/mol. The van der Waals surface area contributed by atoms with Gasteiger partial charge in [-0.05, 0) is 23.8 Å². The summed E-state index contributed by atoms with van der Waals surface area (Å²) < 4.78 is 0. The largest absolute Gasteiger partial charge is 0.410 e. The molecule has 0 spiro atoms. The van der Waals surface area contributed by atoms with Crippen LogP contribution in [-0.4, -0.2) is 15.8 Å². The van der Waals surface area contributed by atoms with Gasteiger partial charge in [-0.3, -0.25) is 10.1 Å². The minimum Gasteiger partial charge on any atom is -0.410 e. The van der Waals surface area contributed by atoms with Gasteiger partial charge in [0, 0.05) is 17.7 Å². The van der Waals surface area contributed by atoms with Crippen LogP contribution >= 0.6 is 0 Å². The third-order valence-electron chi connectivity index (χ3n) is 2.71. The van der Waals surface area contributed by atoms with Crippen LogP contribution in [0.3, 0.4) is 0 Å². The van der Waals surface area contributed by atoms with E-state index < -0.39 is 4.92 Å². The van der Waals surface area contributed by atoms with Gasteiger partial charge < -0.3 is 5.21 Å². The Balaban J connectivity index is 2.21. The van der Waals surface area contributed by atoms with E-state index in [0.29, 0.717) is 11.3 Å². The number of hydrogen-bond donors (Lipinski definition) is 1. The van der Waals surface area contributed by atoms with E-state index in [1.165, 1.54) is 12.1 Å². The summed E-state index contributed by atoms with van der Waals surface area (Å²) >= 11 is 0. The fourth-order valence-electron chi connectivity index (χ4n) is 1.68. The highest BCUT2D eigenvalue weighted by atomic mass is 16.6. The average Bonchev–Trinajstić information content (AvgIpc) is 2.49. The molecule has 20 heavy (non-hydrogen) atoms. The zero-order valence-corrected chi connectivity index (χ0v) is 10.5. The Kier molecular flexibility index (Phi) is 4.24. The van der Waals surface area contributed by atoms with Crippen LogP contribution in [0.2, 0.25) is 0 Å². The third-order valence-corrected chi connectivity index (χ3v) is 2.71. The summed E-state index contributed by atoms with van der Waals surface area (Å²) in [7, 11) is 0. The van der Waals surface area contributed by atoms with Crippen molar-refractivity contribution in [2.75, 3.05) is 0 Å². The molecule has 0 aliphatic rings. The summed E-state index contributed by atoms with van der Waals surface area (Å²) in [6, 6.07) is 15.4. The lowest BCUT2D eigenvalue weighted by atomic mass is 10.1. The van der Waals surface area contributed by atoms with Crippen molar-refractivity contribution >= 4 is 17.5 Å². The molecule has 0 fully saturated rings. The van der Waals surface area contributed by atoms with Crippen LogP contribution in [0.25, 0.3) is 6.08 Å². The lowest BCUT2D eigenvalue weighted by Gasteiger charge is -1.99. The number of non-ortho nitro benzene ring substituents is 1. The number of nitro benzene ring substituents is 1. The Hall–Kier alpha value is -2.95. The molecule has 0 saturated carbocycles. The molecule has 0 bridgehead atoms. The SMILES string of the molecule is O=[N+]([O-])c1ccc(C(/C=C/c2ccccc2)=N\O)cc1. The second kappa shape index (κ2) is 6.29. The first-order valence-electron chi connectivity index (χ1n) is 5.91. The predicted octanol–water partition coefficient (Wildman–Crippen LogP) is 3.49. The van der Waals surface area contributed by atoms with Gasteiger partial charge in [0.2, 0.25) is 0 Å². The second-order valence-corrected chi connectivity index (χ2v) is 4.03. The van der Waals surface area contributed by atoms with Crippen LogP contribution in [0, 0.1) is 10.1 Å². The highest BCUT2D eigenvalue weighted by Gasteiger charge is 2.06. The van der Waals surface area contributed by atoms with E-state index in [4.69, 9.17) is 5.21 Å². The molecule has 5 nitrogen and oxygen atoms in total. The van der Waals surface area contributed by atoms with E-state index in [1.807, 2.05) is 30.3 Å². The Morgan fingerprint density at radius 2 is 1.75 bits per heavy atom. The van der Waals surface area contributed by atoms with Crippen LogP contribution in [0.4, 0.5) is 5.69 Å². The monoisotopic (exact) mass is 268 g/mol. The lowest BCUT2D eigenvalue weighted by Crippen LogP contribution is -1.97. The van der Waals surface area contributed by atoms with Gasteiger partial charge >= 0.3 is 0 Å². The standard InChI is InChI=1S/C15H12N2O3/c18-16-15(11-6-12-4-2-1-3-5-12)13-7-9-14(10-8-13)17(19)20/h1-11,18H/b11-6+,16-15-. The molecule has 2 aromatic carbocycles. The van der Waals surface area contributed by atoms with Crippen molar-refractivity contribution in [1.82, 2.24) is 0 Å². The Bertz CT molecular complexity index is 647. The van der Waals surface area contributed by atoms with E-state index in [9.17, 15) is 10.1 Å². The Labute approximate surface area is 115 Å². The summed E-state index contributed by atoms with van der Waals surface area (Å²) in [6.45, 7) is 0. The molecule has 2 rings (SSSR count). The first kappa shape index (κ1) is 13.5. The van der Waals surface area contributed by atoms with Gasteiger partial charge in [-0.15, -0.1) is 0 Å². The van der Waals surface area contributed by atoms with Gasteiger partial charge in [0.1, 0.15) is 5.71 Å². The van der Waals surface area contributed by atoms with Gasteiger partial charge in [0.15, 0.2) is 0 Å². The molecule has 5 heteroatoms. The number of nitro groups is 1. The summed E-state index contributed by atoms with van der Waals surface area (Å²) in [6.07, 6.45) is 3.45. The summed E-state index contributed by atoms with van der Waals surface area (Å²) in [5, 5.41) is 22.8. The minimum absolute atomic E-state index is 0.00178. The molecule has 0 aromatic heterocycles. The van der Waals surface area contributed by atoms with Crippen molar-refractivity contribution in [3.05, 3.63) is 81.9 Å². The van der Waals surface area contributed by atoms with E-state index >= 15 is 0 Å². The quantitative estimate of drug-likeness (QED) is 0.399. The number of hydrogen-bond acceptors (Lipinski definition) is 4. The lowest BCUT2D eigenvalue weighted by molar-refractivity contribution is -0.384. The van der Waals surface area contributed by atoms with Gasteiger partial charge in [0.25, 0.3) is 5.69 Å². The smallest absolute Gasteiger partial charge is 0.269 e. The van der Waals surface area contributed by atoms with E-state index in [0.717, 1.165) is 5.56 Å². The molecular formula is C15H12N2O3. The molecule has 100 valence electrons. The van der Waals surface area contributed by atoms with Crippen molar-refractivity contribution in [2.45, 2.75) is 0 Å². The maximum atomic E-state index is 10.6. The summed E-state index contributed by atoms with van der Waals surface area (Å²) in [4.78, 5) is 10.1. The van der Waals surface area contributed by atoms with Crippen molar-refractivity contribution in [3.63, 3.8) is 0 Å². The van der Waals surface area contributed by atoms with E-state index in [-0.39, 0.29) is 5.69 Å². The van der Waals surface area contributed by atoms with Crippen LogP contribution < -0.4 is 0 Å². The fourth-order valence-corrected chi connectivity index (χ4v) is 1.68. The molecule has 2 aromatic rings. The first-order chi connectivity index (χ1) is 9.70. The molecule has 1 N–H and O–H groups in total. The molecule has 0 aliphatic carbocycles. The number of nitrogens with zero attached hydrogens (tertiary/aromatic N) is 2. The molecule has 0 atom stereocenters. The van der Waals surface area contributed by atoms with Crippen molar-refractivity contribution < 1.29 is 10.1 Å². The topological polar surface area (TPSA) is 75.7 Å². The van der Waals surface area contributed by atoms with Crippen LogP contribution in [-0.2, 0) is 0 Å². The Morgan fingerprint density at radius 3 is 2.30 bits per heavy atom. The zero-order valence-electron chi connectivity index (χ0n) is 10.5. The molecule has 0 saturated heterocycles. The van der Waals surface area contributed by atoms with E-state index in [1.54, 1.807) is 24.3 Å². The van der Waals surface area contributed by atoms with Crippen LogP contribution in [0.1, 0.15) is 11.1 Å². The number of oxime groups is 1. The van der Waals surface area contributed by atoms with Gasteiger partial charge in [-0.2, -0.15) is 0 Å². The molecule has 0 amide bonds. The zero-order chi connectivity index (χ0) is 14.4. The molecule has 0 aliphatic heterocycles. The number of allylic oxidation sites excluding steroid dienone is 1. The maximum absolute atomic E-state index is 10.6. The Morgan fingerprint density at radius 1 is 1.10 bits per heavy atom. The van der Waals surface area contributed by atoms with E-state index in [2.05, 4.69) is 5.16 Å². The normalized spacial score (nSPS) is 11.7. The van der Waals surface area contributed by atoms with Crippen LogP contribution in [0.15, 0.2) is 65.8 Å². The van der Waals surface area contributed by atoms with Crippen LogP contribution in [0.5, 0.6) is 0 Å². The van der Waals surface area contributed by atoms with Gasteiger partial charge in [0.05, 0.1) is 4.92 Å². The summed E-state index contributed by atoms with van der Waals surface area (Å²) in [5.41, 5.74) is 1.91. The fraction of sp³-hybridized carbons (Fsp3) is 0. The first-order valence-corrected chi connectivity index (χ1v) is 5.91. The second-order valence-electron chi connectivity index (χ2n) is 4.03.